The molecule has 0 saturated carbocycles. The first-order valence-corrected chi connectivity index (χ1v) is 9.83. The Bertz CT molecular complexity index is 664. The lowest BCUT2D eigenvalue weighted by molar-refractivity contribution is -0.155. The van der Waals surface area contributed by atoms with Crippen LogP contribution in [0.1, 0.15) is 23.0 Å². The number of hydrogen-bond donors (Lipinski definition) is 1. The zero-order chi connectivity index (χ0) is 19.1. The maximum atomic E-state index is 12.3. The minimum atomic E-state index is -0.701. The highest BCUT2D eigenvalue weighted by Crippen LogP contribution is 2.31. The van der Waals surface area contributed by atoms with Crippen molar-refractivity contribution in [3.05, 3.63) is 22.4 Å². The second kappa shape index (κ2) is 9.58. The van der Waals surface area contributed by atoms with Crippen LogP contribution < -0.4 is 5.32 Å². The summed E-state index contributed by atoms with van der Waals surface area (Å²) in [6, 6.07) is 2.73. The first-order valence-electron chi connectivity index (χ1n) is 7.90. The van der Waals surface area contributed by atoms with Crippen LogP contribution >= 0.6 is 23.1 Å². The van der Waals surface area contributed by atoms with Crippen molar-refractivity contribution >= 4 is 46.9 Å². The van der Waals surface area contributed by atoms with Gasteiger partial charge < -0.3 is 19.7 Å². The summed E-state index contributed by atoms with van der Waals surface area (Å²) in [5.41, 5.74) is 0. The lowest BCUT2D eigenvalue weighted by Gasteiger charge is -2.46. The van der Waals surface area contributed by atoms with Gasteiger partial charge in [0, 0.05) is 6.92 Å². The molecular formula is C16H20N2O6S2. The predicted molar refractivity (Wildman–Crippen MR) is 96.8 cm³/mol. The number of likely N-dealkylation sites (tertiary alicyclic amines) is 1. The molecule has 8 nitrogen and oxygen atoms in total. The standard InChI is InChI=1S/C16H20N2O6S2/c1-10(19)24-6-4-8-26-16-13(15(22)18(16)9-12(20)23-2)17-14(21)11-5-3-7-25-11/h3,5,7,13,16H,4,6,8-9H2,1-2H3,(H,17,21). The minimum Gasteiger partial charge on any atom is -0.468 e. The van der Waals surface area contributed by atoms with Gasteiger partial charge in [0.05, 0.1) is 18.6 Å². The van der Waals surface area contributed by atoms with Gasteiger partial charge >= 0.3 is 11.9 Å². The van der Waals surface area contributed by atoms with Gasteiger partial charge in [-0.3, -0.25) is 19.2 Å². The van der Waals surface area contributed by atoms with Crippen LogP contribution in [0, 0.1) is 0 Å². The molecular weight excluding hydrogens is 380 g/mol. The highest BCUT2D eigenvalue weighted by Gasteiger charge is 2.49. The highest BCUT2D eigenvalue weighted by molar-refractivity contribution is 8.00. The lowest BCUT2D eigenvalue weighted by atomic mass is 10.1. The zero-order valence-corrected chi connectivity index (χ0v) is 16.1. The molecule has 2 unspecified atom stereocenters. The van der Waals surface area contributed by atoms with E-state index < -0.39 is 12.0 Å². The summed E-state index contributed by atoms with van der Waals surface area (Å²) in [6.07, 6.45) is 0.604. The van der Waals surface area contributed by atoms with E-state index in [0.29, 0.717) is 17.1 Å². The molecule has 2 atom stereocenters. The van der Waals surface area contributed by atoms with Crippen LogP contribution in [0.15, 0.2) is 17.5 Å². The van der Waals surface area contributed by atoms with Gasteiger partial charge in [-0.25, -0.2) is 0 Å². The third-order valence-electron chi connectivity index (χ3n) is 3.58. The van der Waals surface area contributed by atoms with Gasteiger partial charge in [-0.1, -0.05) is 6.07 Å². The molecule has 0 bridgehead atoms. The lowest BCUT2D eigenvalue weighted by Crippen LogP contribution is -2.70. The van der Waals surface area contributed by atoms with Crippen LogP contribution in [-0.4, -0.2) is 66.1 Å². The van der Waals surface area contributed by atoms with Gasteiger partial charge in [-0.2, -0.15) is 0 Å². The summed E-state index contributed by atoms with van der Waals surface area (Å²) >= 11 is 2.71. The van der Waals surface area contributed by atoms with Crippen molar-refractivity contribution in [3.8, 4) is 0 Å². The van der Waals surface area contributed by atoms with Crippen LogP contribution in [0.5, 0.6) is 0 Å². The average molecular weight is 400 g/mol. The average Bonchev–Trinajstić information content (AvgIpc) is 3.15. The van der Waals surface area contributed by atoms with Gasteiger partial charge in [0.2, 0.25) is 5.91 Å². The Kier molecular flexibility index (Phi) is 7.46. The smallest absolute Gasteiger partial charge is 0.325 e. The second-order valence-electron chi connectivity index (χ2n) is 5.43. The molecule has 0 radical (unpaired) electrons. The van der Waals surface area contributed by atoms with Crippen molar-refractivity contribution in [1.82, 2.24) is 10.2 Å². The largest absolute Gasteiger partial charge is 0.468 e. The molecule has 1 fully saturated rings. The molecule has 1 aromatic heterocycles. The van der Waals surface area contributed by atoms with Crippen molar-refractivity contribution in [2.45, 2.75) is 24.8 Å². The predicted octanol–water partition coefficient (Wildman–Crippen LogP) is 0.874. The summed E-state index contributed by atoms with van der Waals surface area (Å²) in [5.74, 6) is -0.901. The molecule has 1 aromatic rings. The Balaban J connectivity index is 1.93. The third kappa shape index (κ3) is 5.21. The number of nitrogens with zero attached hydrogens (tertiary/aromatic N) is 1. The Morgan fingerprint density at radius 1 is 1.38 bits per heavy atom. The van der Waals surface area contributed by atoms with E-state index in [4.69, 9.17) is 4.74 Å². The van der Waals surface area contributed by atoms with E-state index in [1.54, 1.807) is 17.5 Å². The van der Waals surface area contributed by atoms with Crippen molar-refractivity contribution in [3.63, 3.8) is 0 Å². The molecule has 1 N–H and O–H groups in total. The van der Waals surface area contributed by atoms with Gasteiger partial charge in [-0.05, 0) is 23.6 Å². The normalized spacial score (nSPS) is 18.8. The van der Waals surface area contributed by atoms with Gasteiger partial charge in [0.15, 0.2) is 0 Å². The number of esters is 2. The number of carbonyl (C=O) groups is 4. The number of nitrogens with one attached hydrogen (secondary N) is 1. The molecule has 1 aliphatic heterocycles. The molecule has 2 heterocycles. The molecule has 10 heteroatoms. The van der Waals surface area contributed by atoms with E-state index in [2.05, 4.69) is 10.1 Å². The molecule has 2 amide bonds. The number of β-lactam (4-membered cyclic amide) rings is 1. The van der Waals surface area contributed by atoms with Crippen molar-refractivity contribution in [2.75, 3.05) is 26.0 Å². The van der Waals surface area contributed by atoms with Crippen LogP contribution in [0.4, 0.5) is 0 Å². The zero-order valence-electron chi connectivity index (χ0n) is 14.4. The van der Waals surface area contributed by atoms with Crippen molar-refractivity contribution < 1.29 is 28.7 Å². The van der Waals surface area contributed by atoms with Gasteiger partial charge in [0.25, 0.3) is 5.91 Å². The first-order chi connectivity index (χ1) is 12.4. The van der Waals surface area contributed by atoms with E-state index in [1.165, 1.54) is 42.0 Å². The molecule has 0 aliphatic carbocycles. The number of rotatable bonds is 9. The number of methoxy groups -OCH3 is 1. The number of hydrogen-bond acceptors (Lipinski definition) is 8. The second-order valence-corrected chi connectivity index (χ2v) is 7.60. The van der Waals surface area contributed by atoms with Crippen LogP contribution in [0.25, 0.3) is 0 Å². The molecule has 2 rings (SSSR count). The summed E-state index contributed by atoms with van der Waals surface area (Å²) in [7, 11) is 1.25. The van der Waals surface area contributed by atoms with E-state index in [0.717, 1.165) is 0 Å². The Labute approximate surface area is 159 Å². The van der Waals surface area contributed by atoms with E-state index in [9.17, 15) is 19.2 Å². The topological polar surface area (TPSA) is 102 Å². The van der Waals surface area contributed by atoms with Crippen molar-refractivity contribution in [1.29, 1.82) is 0 Å². The third-order valence-corrected chi connectivity index (χ3v) is 5.84. The van der Waals surface area contributed by atoms with Crippen molar-refractivity contribution in [2.24, 2.45) is 0 Å². The Morgan fingerprint density at radius 2 is 2.15 bits per heavy atom. The van der Waals surface area contributed by atoms with Crippen LogP contribution in [0.3, 0.4) is 0 Å². The van der Waals surface area contributed by atoms with Crippen LogP contribution in [0.2, 0.25) is 0 Å². The number of ether oxygens (including phenoxy) is 2. The number of carbonyl (C=O) groups excluding carboxylic acids is 4. The fourth-order valence-electron chi connectivity index (χ4n) is 2.31. The maximum Gasteiger partial charge on any atom is 0.325 e. The Morgan fingerprint density at radius 3 is 2.77 bits per heavy atom. The van der Waals surface area contributed by atoms with E-state index >= 15 is 0 Å². The van der Waals surface area contributed by atoms with Gasteiger partial charge in [-0.15, -0.1) is 23.1 Å². The highest BCUT2D eigenvalue weighted by atomic mass is 32.2. The molecule has 1 saturated heterocycles. The number of thioether (sulfide) groups is 1. The fraction of sp³-hybridized carbons (Fsp3) is 0.500. The first kappa shape index (κ1) is 20.2. The molecule has 142 valence electrons. The molecule has 0 spiro atoms. The quantitative estimate of drug-likeness (QED) is 0.373. The molecule has 26 heavy (non-hydrogen) atoms. The number of thiophene rings is 1. The molecule has 0 aromatic carbocycles. The maximum absolute atomic E-state index is 12.3. The van der Waals surface area contributed by atoms with Crippen LogP contribution in [-0.2, 0) is 23.9 Å². The fourth-order valence-corrected chi connectivity index (χ4v) is 4.20. The minimum absolute atomic E-state index is 0.164. The van der Waals surface area contributed by atoms with E-state index in [-0.39, 0.29) is 36.3 Å². The SMILES string of the molecule is COC(=O)CN1C(=O)C(NC(=O)c2cccs2)C1SCCCOC(C)=O. The number of amides is 2. The summed E-state index contributed by atoms with van der Waals surface area (Å²) in [5, 5.41) is 4.13. The molecule has 1 aliphatic rings. The summed E-state index contributed by atoms with van der Waals surface area (Å²) in [4.78, 5) is 48.7. The summed E-state index contributed by atoms with van der Waals surface area (Å²) in [6.45, 7) is 1.46. The van der Waals surface area contributed by atoms with Gasteiger partial charge in [0.1, 0.15) is 18.0 Å². The summed E-state index contributed by atoms with van der Waals surface area (Å²) < 4.78 is 9.48. The van der Waals surface area contributed by atoms with E-state index in [1.807, 2.05) is 0 Å². The Hall–Kier alpha value is -2.07. The monoisotopic (exact) mass is 400 g/mol.